The van der Waals surface area contributed by atoms with Gasteiger partial charge in [0, 0.05) is 29.7 Å². The Labute approximate surface area is 142 Å². The second-order valence-electron chi connectivity index (χ2n) is 6.03. The largest absolute Gasteiger partial charge is 0.326 e. The zero-order chi connectivity index (χ0) is 16.9. The molecule has 0 bridgehead atoms. The van der Waals surface area contributed by atoms with Crippen LogP contribution in [-0.2, 0) is 17.6 Å². The summed E-state index contributed by atoms with van der Waals surface area (Å²) in [4.78, 5) is 24.3. The third-order valence-electron chi connectivity index (χ3n) is 4.31. The lowest BCUT2D eigenvalue weighted by molar-refractivity contribution is -0.116. The fraction of sp³-hybridized carbons (Fsp3) is 0.238. The predicted molar refractivity (Wildman–Crippen MR) is 95.0 cm³/mol. The molecule has 0 aliphatic heterocycles. The van der Waals surface area contributed by atoms with Crippen molar-refractivity contribution < 1.29 is 9.59 Å². The summed E-state index contributed by atoms with van der Waals surface area (Å²) in [5.41, 5.74) is 4.69. The first-order valence-corrected chi connectivity index (χ1v) is 8.17. The fourth-order valence-electron chi connectivity index (χ4n) is 3.03. The van der Waals surface area contributed by atoms with Crippen LogP contribution in [0.15, 0.2) is 42.5 Å². The van der Waals surface area contributed by atoms with Gasteiger partial charge in [-0.15, -0.1) is 6.42 Å². The Hall–Kier alpha value is -2.86. The van der Waals surface area contributed by atoms with Crippen molar-refractivity contribution in [2.24, 2.45) is 0 Å². The molecule has 0 radical (unpaired) electrons. The van der Waals surface area contributed by atoms with Crippen LogP contribution in [-0.4, -0.2) is 11.7 Å². The van der Waals surface area contributed by atoms with Crippen LogP contribution in [0.4, 0.5) is 5.69 Å². The second-order valence-corrected chi connectivity index (χ2v) is 6.03. The Morgan fingerprint density at radius 3 is 2.71 bits per heavy atom. The standard InChI is InChI=1S/C21H19NO2/c1-2-15-5-3-8-19(13-15)22-21(24)12-11-20(23)18-10-9-16-6-4-7-17(16)14-18/h1,3,5,8-10,13-14H,4,6-7,11-12H2,(H,22,24). The SMILES string of the molecule is C#Cc1cccc(NC(=O)CCC(=O)c2ccc3c(c2)CCC3)c1. The summed E-state index contributed by atoms with van der Waals surface area (Å²) in [5, 5.41) is 2.78. The summed E-state index contributed by atoms with van der Waals surface area (Å²) >= 11 is 0. The van der Waals surface area contributed by atoms with Gasteiger partial charge in [0.25, 0.3) is 0 Å². The van der Waals surface area contributed by atoms with E-state index < -0.39 is 0 Å². The van der Waals surface area contributed by atoms with Crippen molar-refractivity contribution in [3.63, 3.8) is 0 Å². The number of hydrogen-bond donors (Lipinski definition) is 1. The molecule has 3 rings (SSSR count). The number of benzene rings is 2. The number of anilines is 1. The van der Waals surface area contributed by atoms with Crippen LogP contribution < -0.4 is 5.32 Å². The van der Waals surface area contributed by atoms with Gasteiger partial charge in [-0.2, -0.15) is 0 Å². The maximum absolute atomic E-state index is 12.3. The van der Waals surface area contributed by atoms with Crippen LogP contribution in [0.25, 0.3) is 0 Å². The molecule has 2 aromatic rings. The molecule has 1 aliphatic carbocycles. The Bertz CT molecular complexity index is 830. The quantitative estimate of drug-likeness (QED) is 0.674. The summed E-state index contributed by atoms with van der Waals surface area (Å²) < 4.78 is 0. The lowest BCUT2D eigenvalue weighted by Gasteiger charge is -2.06. The lowest BCUT2D eigenvalue weighted by Crippen LogP contribution is -2.13. The number of nitrogens with one attached hydrogen (secondary N) is 1. The topological polar surface area (TPSA) is 46.2 Å². The van der Waals surface area contributed by atoms with E-state index >= 15 is 0 Å². The van der Waals surface area contributed by atoms with Gasteiger partial charge in [-0.05, 0) is 54.7 Å². The smallest absolute Gasteiger partial charge is 0.224 e. The highest BCUT2D eigenvalue weighted by Crippen LogP contribution is 2.23. The maximum atomic E-state index is 12.3. The van der Waals surface area contributed by atoms with E-state index in [1.165, 1.54) is 11.1 Å². The van der Waals surface area contributed by atoms with E-state index in [2.05, 4.69) is 11.2 Å². The summed E-state index contributed by atoms with van der Waals surface area (Å²) in [6.45, 7) is 0. The molecule has 0 aromatic heterocycles. The highest BCUT2D eigenvalue weighted by Gasteiger charge is 2.15. The Morgan fingerprint density at radius 2 is 1.88 bits per heavy atom. The van der Waals surface area contributed by atoms with E-state index in [4.69, 9.17) is 6.42 Å². The zero-order valence-corrected chi connectivity index (χ0v) is 13.5. The lowest BCUT2D eigenvalue weighted by atomic mass is 10.0. The van der Waals surface area contributed by atoms with E-state index in [0.29, 0.717) is 16.8 Å². The molecule has 2 aromatic carbocycles. The molecule has 0 atom stereocenters. The highest BCUT2D eigenvalue weighted by molar-refractivity contribution is 6.00. The minimum Gasteiger partial charge on any atom is -0.326 e. The Kier molecular flexibility index (Phi) is 4.77. The molecule has 120 valence electrons. The molecular weight excluding hydrogens is 298 g/mol. The van der Waals surface area contributed by atoms with Crippen molar-refractivity contribution in [1.29, 1.82) is 0 Å². The van der Waals surface area contributed by atoms with E-state index in [0.717, 1.165) is 19.3 Å². The molecule has 0 saturated heterocycles. The summed E-state index contributed by atoms with van der Waals surface area (Å²) in [6, 6.07) is 13.0. The van der Waals surface area contributed by atoms with Crippen molar-refractivity contribution in [1.82, 2.24) is 0 Å². The molecule has 0 saturated carbocycles. The van der Waals surface area contributed by atoms with Crippen molar-refractivity contribution in [3.8, 4) is 12.3 Å². The molecule has 0 unspecified atom stereocenters. The van der Waals surface area contributed by atoms with Gasteiger partial charge < -0.3 is 5.32 Å². The number of ketones is 1. The third kappa shape index (κ3) is 3.72. The number of terminal acetylenes is 1. The van der Waals surface area contributed by atoms with Gasteiger partial charge in [0.1, 0.15) is 0 Å². The maximum Gasteiger partial charge on any atom is 0.224 e. The van der Waals surface area contributed by atoms with E-state index in [1.54, 1.807) is 24.3 Å². The molecule has 0 heterocycles. The number of rotatable bonds is 5. The number of carbonyl (C=O) groups excluding carboxylic acids is 2. The minimum atomic E-state index is -0.182. The molecular formula is C21H19NO2. The van der Waals surface area contributed by atoms with Gasteiger partial charge in [0.15, 0.2) is 5.78 Å². The monoisotopic (exact) mass is 317 g/mol. The number of fused-ring (bicyclic) bond motifs is 1. The average Bonchev–Trinajstić information content (AvgIpc) is 3.07. The normalized spacial score (nSPS) is 12.3. The van der Waals surface area contributed by atoms with Gasteiger partial charge in [0.05, 0.1) is 0 Å². The molecule has 0 fully saturated rings. The van der Waals surface area contributed by atoms with Crippen LogP contribution in [0.3, 0.4) is 0 Å². The number of amides is 1. The molecule has 3 heteroatoms. The molecule has 1 aliphatic rings. The third-order valence-corrected chi connectivity index (χ3v) is 4.31. The van der Waals surface area contributed by atoms with Gasteiger partial charge in [-0.1, -0.05) is 24.1 Å². The summed E-state index contributed by atoms with van der Waals surface area (Å²) in [6.07, 6.45) is 9.02. The van der Waals surface area contributed by atoms with Gasteiger partial charge in [-0.25, -0.2) is 0 Å². The number of Topliss-reactive ketones (excluding diaryl/α,β-unsaturated/α-hetero) is 1. The van der Waals surface area contributed by atoms with Crippen molar-refractivity contribution in [2.45, 2.75) is 32.1 Å². The second kappa shape index (κ2) is 7.14. The first-order chi connectivity index (χ1) is 11.7. The first kappa shape index (κ1) is 16.0. The molecule has 0 spiro atoms. The summed E-state index contributed by atoms with van der Waals surface area (Å²) in [7, 11) is 0. The average molecular weight is 317 g/mol. The van der Waals surface area contributed by atoms with Gasteiger partial charge in [0.2, 0.25) is 5.91 Å². The van der Waals surface area contributed by atoms with Crippen LogP contribution >= 0.6 is 0 Å². The van der Waals surface area contributed by atoms with Crippen LogP contribution in [0.5, 0.6) is 0 Å². The summed E-state index contributed by atoms with van der Waals surface area (Å²) in [5.74, 6) is 2.36. The van der Waals surface area contributed by atoms with Crippen LogP contribution in [0.2, 0.25) is 0 Å². The van der Waals surface area contributed by atoms with Crippen LogP contribution in [0.1, 0.15) is 46.3 Å². The predicted octanol–water partition coefficient (Wildman–Crippen LogP) is 3.76. The van der Waals surface area contributed by atoms with Crippen molar-refractivity contribution in [2.75, 3.05) is 5.32 Å². The molecule has 3 nitrogen and oxygen atoms in total. The minimum absolute atomic E-state index is 0.0113. The Balaban J connectivity index is 1.56. The van der Waals surface area contributed by atoms with Crippen molar-refractivity contribution >= 4 is 17.4 Å². The van der Waals surface area contributed by atoms with Crippen LogP contribution in [0, 0.1) is 12.3 Å². The molecule has 24 heavy (non-hydrogen) atoms. The zero-order valence-electron chi connectivity index (χ0n) is 13.5. The number of carbonyl (C=O) groups is 2. The fourth-order valence-corrected chi connectivity index (χ4v) is 3.03. The van der Waals surface area contributed by atoms with Gasteiger partial charge in [-0.3, -0.25) is 9.59 Å². The van der Waals surface area contributed by atoms with E-state index in [-0.39, 0.29) is 24.5 Å². The Morgan fingerprint density at radius 1 is 1.04 bits per heavy atom. The molecule has 1 N–H and O–H groups in total. The van der Waals surface area contributed by atoms with Crippen molar-refractivity contribution in [3.05, 3.63) is 64.7 Å². The van der Waals surface area contributed by atoms with E-state index in [9.17, 15) is 9.59 Å². The molecule has 1 amide bonds. The van der Waals surface area contributed by atoms with Gasteiger partial charge >= 0.3 is 0 Å². The first-order valence-electron chi connectivity index (χ1n) is 8.17. The van der Waals surface area contributed by atoms with E-state index in [1.807, 2.05) is 18.2 Å². The number of hydrogen-bond acceptors (Lipinski definition) is 2. The highest BCUT2D eigenvalue weighted by atomic mass is 16.2. The number of aryl methyl sites for hydroxylation is 2.